The van der Waals surface area contributed by atoms with Crippen LogP contribution in [-0.2, 0) is 21.7 Å². The van der Waals surface area contributed by atoms with Crippen LogP contribution in [0.25, 0.3) is 155 Å². The number of hydrogen-bond acceptors (Lipinski definition) is 3. The van der Waals surface area contributed by atoms with Crippen LogP contribution < -0.4 is 26.2 Å². The van der Waals surface area contributed by atoms with Crippen molar-refractivity contribution in [2.75, 3.05) is 9.80 Å². The highest BCUT2D eigenvalue weighted by Crippen LogP contribution is 2.57. The molecule has 0 spiro atoms. The minimum atomic E-state index is -0.908. The minimum Gasteiger partial charge on any atom is -0.456 e. The summed E-state index contributed by atoms with van der Waals surface area (Å²) in [5.74, 6) is 0. The van der Waals surface area contributed by atoms with E-state index in [-0.39, 0.29) is 91.0 Å². The molecule has 0 fully saturated rings. The Kier molecular flexibility index (Phi) is 14.4. The number of aromatic nitrogens is 2. The quantitative estimate of drug-likeness (QED) is 0.121. The van der Waals surface area contributed by atoms with Crippen LogP contribution in [0.2, 0.25) is 0 Å². The Morgan fingerprint density at radius 1 is 0.266 bits per heavy atom. The first-order valence-corrected chi connectivity index (χ1v) is 42.8. The average Bonchev–Trinajstić information content (AvgIpc) is 1.42. The molecule has 0 saturated heterocycles. The van der Waals surface area contributed by atoms with Crippen molar-refractivity contribution in [1.82, 2.24) is 9.13 Å². The molecule has 6 heteroatoms. The molecule has 2 aliphatic rings. The molecule has 0 N–H and O–H groups in total. The lowest BCUT2D eigenvalue weighted by Gasteiger charge is -2.46. The van der Waals surface area contributed by atoms with Crippen molar-refractivity contribution in [3.05, 3.63) is 392 Å². The van der Waals surface area contributed by atoms with Gasteiger partial charge in [-0.2, -0.15) is 0 Å². The van der Waals surface area contributed by atoms with Gasteiger partial charge in [0, 0.05) is 88.7 Å². The molecule has 598 valence electrons. The summed E-state index contributed by atoms with van der Waals surface area (Å²) in [5, 5.41) is 1.86. The molecule has 0 amide bonds. The molecule has 0 aliphatic carbocycles. The number of benzene rings is 17. The summed E-state index contributed by atoms with van der Waals surface area (Å²) in [6.45, 7) is 24.0. The number of rotatable bonds is 11. The number of furan rings is 1. The predicted octanol–water partition coefficient (Wildman–Crippen LogP) is 30.7. The summed E-state index contributed by atoms with van der Waals surface area (Å²) >= 11 is 0. The van der Waals surface area contributed by atoms with Crippen LogP contribution in [0.15, 0.2) is 374 Å². The van der Waals surface area contributed by atoms with E-state index < -0.39 is 76.7 Å². The van der Waals surface area contributed by atoms with Crippen molar-refractivity contribution < 1.29 is 23.6 Å². The molecule has 22 rings (SSSR count). The van der Waals surface area contributed by atoms with Crippen molar-refractivity contribution in [3.8, 4) is 89.3 Å². The number of anilines is 6. The first kappa shape index (κ1) is 62.0. The van der Waals surface area contributed by atoms with Gasteiger partial charge >= 0.3 is 0 Å². The van der Waals surface area contributed by atoms with Gasteiger partial charge in [0.05, 0.1) is 52.6 Å². The van der Waals surface area contributed by atoms with Crippen molar-refractivity contribution in [2.45, 2.75) is 105 Å². The molecule has 5 heterocycles. The highest BCUT2D eigenvalue weighted by Gasteiger charge is 2.47. The van der Waals surface area contributed by atoms with Gasteiger partial charge in [0.1, 0.15) is 11.2 Å². The third-order valence-corrected chi connectivity index (χ3v) is 25.2. The topological polar surface area (TPSA) is 29.5 Å². The smallest absolute Gasteiger partial charge is 0.252 e. The zero-order valence-corrected chi connectivity index (χ0v) is 71.4. The second-order valence-corrected chi connectivity index (χ2v) is 37.3. The molecule has 20 aromatic rings. The van der Waals surface area contributed by atoms with E-state index in [0.29, 0.717) is 33.9 Å². The molecule has 0 radical (unpaired) electrons. The maximum absolute atomic E-state index is 10.7. The summed E-state index contributed by atoms with van der Waals surface area (Å²) in [6.07, 6.45) is 0. The van der Waals surface area contributed by atoms with E-state index in [1.807, 2.05) is 114 Å². The Morgan fingerprint density at radius 2 is 0.645 bits per heavy atom. The Labute approximate surface area is 747 Å². The van der Waals surface area contributed by atoms with Crippen LogP contribution >= 0.6 is 0 Å². The molecule has 0 atom stereocenters. The minimum absolute atomic E-state index is 0.000997. The first-order valence-electron chi connectivity index (χ1n) is 49.8. The van der Waals surface area contributed by atoms with Gasteiger partial charge in [0.25, 0.3) is 6.71 Å². The molecule has 2 aliphatic heterocycles. The average molecular weight is 1610 g/mol. The number of nitrogens with zero attached hydrogens (tertiary/aromatic N) is 4. The highest BCUT2D eigenvalue weighted by atomic mass is 16.3. The lowest BCUT2D eigenvalue weighted by molar-refractivity contribution is 0.590. The number of para-hydroxylation sites is 3. The van der Waals surface area contributed by atoms with E-state index in [1.165, 1.54) is 0 Å². The highest BCUT2D eigenvalue weighted by molar-refractivity contribution is 7.00. The van der Waals surface area contributed by atoms with Crippen molar-refractivity contribution in [1.29, 1.82) is 0 Å². The fourth-order valence-electron chi connectivity index (χ4n) is 18.9. The van der Waals surface area contributed by atoms with E-state index >= 15 is 0 Å². The summed E-state index contributed by atoms with van der Waals surface area (Å²) in [4.78, 5) is 4.84. The van der Waals surface area contributed by atoms with Gasteiger partial charge < -0.3 is 23.4 Å². The standard InChI is InChI=1S/C118H97BN4O/c1-115(2,3)83-54-58-91-89-46-25-28-50-101(89)120(103(91)70-83)87-56-60-99-105(72-87)122(113-95(76-38-21-15-22-39-76)66-85(117(7,8)9)67-96(113)77-40-23-16-24-41-77)107-64-82(80-44-31-42-78(62-80)74-34-17-13-18-35-74)65-108-112(107)119(99)100-61-57-88(121-102-51-29-26-47-90(102)92-59-55-84(71-104(92)121)116(4,5)6)73-106(100)123(108)114-97(81-45-32-43-79(63-81)75-36-19-14-20-37-75)68-86(118(10,11)12)69-98(114)93-49-33-53-110-111(93)94-48-27-30-52-109(94)124-110/h13-73H,1-12H3/i25D,26D,28D,29D,46D,47D,50D,51D,54D,55D,58D,59D,70D,71D. The summed E-state index contributed by atoms with van der Waals surface area (Å²) < 4.78 is 151. The summed E-state index contributed by atoms with van der Waals surface area (Å²) in [7, 11) is 0. The fraction of sp³-hybridized carbons (Fsp3) is 0.136. The Balaban J connectivity index is 0.993. The SMILES string of the molecule is [2H]c1c([2H])c([2H])c2c(c1[2H])c1c([2H])c([2H])c(C(C)(C)C)c([2H])c1n2-c1ccc2c(c1)N(c1c(-c3ccccc3)cc(C(C)(C)C)cc1-c1ccccc1)c1cc(-c3cccc(-c4ccccc4)c3)cc3c1B2c1ccc(-n2c4c([2H])c([2H])c([2H])c([2H])c4c4c([2H])c([2H])c(C(C)(C)C)c([2H])c42)cc1N3c1c(-c2cccc(-c3ccccc3)c2)cc(C(C)(C)C)cc1-c1cccc2oc3ccccc3c12. The summed E-state index contributed by atoms with van der Waals surface area (Å²) in [6, 6.07) is 94.8. The van der Waals surface area contributed by atoms with Crippen LogP contribution in [0, 0.1) is 0 Å². The van der Waals surface area contributed by atoms with Gasteiger partial charge in [-0.3, -0.25) is 0 Å². The fourth-order valence-corrected chi connectivity index (χ4v) is 18.9. The van der Waals surface area contributed by atoms with Crippen molar-refractivity contribution in [2.24, 2.45) is 0 Å². The third kappa shape index (κ3) is 12.6. The second kappa shape index (κ2) is 28.7. The Hall–Kier alpha value is -14.2. The molecule has 17 aromatic carbocycles. The maximum Gasteiger partial charge on any atom is 0.252 e. The van der Waals surface area contributed by atoms with Gasteiger partial charge in [0.15, 0.2) is 0 Å². The summed E-state index contributed by atoms with van der Waals surface area (Å²) in [5.41, 5.74) is 21.3. The molecule has 5 nitrogen and oxygen atoms in total. The number of fused-ring (bicyclic) bond motifs is 13. The predicted molar refractivity (Wildman–Crippen MR) is 529 cm³/mol. The van der Waals surface area contributed by atoms with Gasteiger partial charge in [0.2, 0.25) is 0 Å². The maximum atomic E-state index is 10.7. The lowest BCUT2D eigenvalue weighted by atomic mass is 9.33. The second-order valence-electron chi connectivity index (χ2n) is 37.3. The largest absolute Gasteiger partial charge is 0.456 e. The van der Waals surface area contributed by atoms with Gasteiger partial charge in [-0.05, 0) is 225 Å². The van der Waals surface area contributed by atoms with Crippen LogP contribution in [-0.4, -0.2) is 15.8 Å². The van der Waals surface area contributed by atoms with E-state index in [2.05, 4.69) is 264 Å². The van der Waals surface area contributed by atoms with Crippen LogP contribution in [0.1, 0.15) is 125 Å². The van der Waals surface area contributed by atoms with Gasteiger partial charge in [-0.25, -0.2) is 0 Å². The first-order chi connectivity index (χ1) is 65.9. The zero-order chi connectivity index (χ0) is 96.6. The molecule has 3 aromatic heterocycles. The molecule has 124 heavy (non-hydrogen) atoms. The van der Waals surface area contributed by atoms with Crippen LogP contribution in [0.3, 0.4) is 0 Å². The zero-order valence-electron chi connectivity index (χ0n) is 85.4. The van der Waals surface area contributed by atoms with Crippen molar-refractivity contribution in [3.63, 3.8) is 0 Å². The van der Waals surface area contributed by atoms with Crippen molar-refractivity contribution >= 4 is 123 Å². The van der Waals surface area contributed by atoms with Gasteiger partial charge in [-0.15, -0.1) is 0 Å². The molecular formula is C118H97BN4O. The third-order valence-electron chi connectivity index (χ3n) is 25.2. The monoisotopic (exact) mass is 1610 g/mol. The molecule has 0 unspecified atom stereocenters. The Morgan fingerprint density at radius 3 is 1.13 bits per heavy atom. The van der Waals surface area contributed by atoms with E-state index in [9.17, 15) is 19.2 Å². The van der Waals surface area contributed by atoms with E-state index in [0.717, 1.165) is 139 Å². The van der Waals surface area contributed by atoms with Crippen LogP contribution in [0.4, 0.5) is 34.1 Å². The van der Waals surface area contributed by atoms with Crippen LogP contribution in [0.5, 0.6) is 0 Å². The molecule has 0 saturated carbocycles. The lowest BCUT2D eigenvalue weighted by Crippen LogP contribution is -2.61. The Bertz CT molecular complexity index is 8560. The number of hydrogen-bond donors (Lipinski definition) is 0. The molecular weight excluding hydrogens is 1500 g/mol. The normalized spacial score (nSPS) is 14.5. The van der Waals surface area contributed by atoms with Gasteiger partial charge in [-0.1, -0.05) is 344 Å². The van der Waals surface area contributed by atoms with E-state index in [1.54, 1.807) is 9.13 Å². The van der Waals surface area contributed by atoms with E-state index in [4.69, 9.17) is 4.42 Å². The molecule has 0 bridgehead atoms.